The molecule has 14 nitrogen and oxygen atoms in total. The number of aromatic carboxylic acids is 1. The maximum atomic E-state index is 15.4. The number of nitrogens with zero attached hydrogens (tertiary/aromatic N) is 4. The average molecular weight is 772 g/mol. The molecule has 1 N–H and O–H groups in total. The third-order valence-corrected chi connectivity index (χ3v) is 10.9. The van der Waals surface area contributed by atoms with E-state index in [1.54, 1.807) is 33.7 Å². The number of hydrogen-bond acceptors (Lipinski definition) is 12. The molecular formula is C34H29FN5Na3O9S. The molecule has 2 amide bonds. The fourth-order valence-electron chi connectivity index (χ4n) is 6.89. The molecule has 260 valence electrons. The molecule has 0 bridgehead atoms. The van der Waals surface area contributed by atoms with Crippen LogP contribution in [-0.4, -0.2) is 94.0 Å². The van der Waals surface area contributed by atoms with Crippen molar-refractivity contribution in [2.75, 3.05) is 43.4 Å². The second-order valence-corrected chi connectivity index (χ2v) is 13.8. The van der Waals surface area contributed by atoms with E-state index in [4.69, 9.17) is 0 Å². The van der Waals surface area contributed by atoms with Crippen LogP contribution < -0.4 is 120 Å². The van der Waals surface area contributed by atoms with Gasteiger partial charge in [-0.25, -0.2) is 4.39 Å². The maximum Gasteiger partial charge on any atom is 1.00 e. The van der Waals surface area contributed by atoms with E-state index >= 15 is 4.39 Å². The molecular weight excluding hydrogens is 742 g/mol. The van der Waals surface area contributed by atoms with Crippen LogP contribution in [-0.2, 0) is 19.2 Å². The summed E-state index contributed by atoms with van der Waals surface area (Å²) in [6.45, 7) is 1.71. The summed E-state index contributed by atoms with van der Waals surface area (Å²) in [5, 5.41) is 37.3. The van der Waals surface area contributed by atoms with Crippen molar-refractivity contribution >= 4 is 58.1 Å². The van der Waals surface area contributed by atoms with Crippen LogP contribution in [0.4, 0.5) is 10.1 Å². The van der Waals surface area contributed by atoms with Crippen molar-refractivity contribution in [1.82, 2.24) is 19.7 Å². The van der Waals surface area contributed by atoms with Crippen LogP contribution in [0.1, 0.15) is 40.7 Å². The van der Waals surface area contributed by atoms with Gasteiger partial charge in [0.1, 0.15) is 23.2 Å². The number of amides is 2. The number of piperazine rings is 1. The van der Waals surface area contributed by atoms with E-state index < -0.39 is 63.9 Å². The molecule has 1 unspecified atom stereocenters. The standard InChI is InChI=1S/C34H32FN5O9S.3Na/c35-22-12-20-23(39(19-6-7-19)15-21(28(20)41)32(44)45)13-24(22)38-10-8-37(9-11-38)14-18-16-50-31-26(30(43)40(31)27(18)34(48)49)36-29(42)25(33(46)47)17-4-2-1-3-5-17;;;/h1-5,12-13,15,19,25-26,31H,6-11,14,16H2,(H,36,42)(H,44,45)(H,46,47)(H,48,49);;;/q;3*+1/p-3/t25?,26-,31-;;;/m1.../s1. The number of thioether (sulfide) groups is 1. The Labute approximate surface area is 373 Å². The van der Waals surface area contributed by atoms with Crippen LogP contribution in [0.3, 0.4) is 0 Å². The van der Waals surface area contributed by atoms with Gasteiger partial charge in [-0.05, 0) is 36.1 Å². The minimum Gasteiger partial charge on any atom is -0.549 e. The van der Waals surface area contributed by atoms with Gasteiger partial charge in [0.2, 0.25) is 5.91 Å². The number of halogens is 1. The zero-order chi connectivity index (χ0) is 35.4. The van der Waals surface area contributed by atoms with Crippen molar-refractivity contribution in [2.24, 2.45) is 0 Å². The molecule has 3 fully saturated rings. The first-order valence-electron chi connectivity index (χ1n) is 16.0. The number of aliphatic carboxylic acids is 2. The minimum absolute atomic E-state index is 0. The van der Waals surface area contributed by atoms with Crippen LogP contribution in [0.5, 0.6) is 0 Å². The molecule has 19 heteroatoms. The van der Waals surface area contributed by atoms with Crippen LogP contribution in [0.15, 0.2) is 64.7 Å². The molecule has 1 aliphatic carbocycles. The molecule has 0 spiro atoms. The molecule has 2 aromatic carbocycles. The van der Waals surface area contributed by atoms with Crippen molar-refractivity contribution in [1.29, 1.82) is 0 Å². The van der Waals surface area contributed by atoms with Crippen LogP contribution in [0.2, 0.25) is 0 Å². The summed E-state index contributed by atoms with van der Waals surface area (Å²) in [6.07, 6.45) is 2.86. The van der Waals surface area contributed by atoms with E-state index in [-0.39, 0.29) is 129 Å². The maximum absolute atomic E-state index is 15.4. The van der Waals surface area contributed by atoms with Gasteiger partial charge in [0.05, 0.1) is 40.4 Å². The molecule has 2 saturated heterocycles. The Morgan fingerprint density at radius 2 is 1.58 bits per heavy atom. The number of benzene rings is 2. The van der Waals surface area contributed by atoms with Crippen molar-refractivity contribution in [3.05, 3.63) is 87.1 Å². The van der Waals surface area contributed by atoms with Gasteiger partial charge in [-0.3, -0.25) is 24.2 Å². The predicted molar refractivity (Wildman–Crippen MR) is 171 cm³/mol. The quantitative estimate of drug-likeness (QED) is 0.116. The van der Waals surface area contributed by atoms with Crippen LogP contribution in [0.25, 0.3) is 10.9 Å². The Kier molecular flexibility index (Phi) is 14.5. The van der Waals surface area contributed by atoms with E-state index in [1.165, 1.54) is 30.1 Å². The molecule has 3 atom stereocenters. The number of pyridine rings is 1. The Morgan fingerprint density at radius 1 is 0.925 bits per heavy atom. The van der Waals surface area contributed by atoms with Crippen molar-refractivity contribution in [3.8, 4) is 0 Å². The predicted octanol–water partition coefficient (Wildman–Crippen LogP) is -11.1. The number of β-lactam (4-membered cyclic amide) rings is 1. The Bertz CT molecular complexity index is 2060. The summed E-state index contributed by atoms with van der Waals surface area (Å²) in [6, 6.07) is 9.19. The van der Waals surface area contributed by atoms with Crippen LogP contribution in [0, 0.1) is 5.82 Å². The fourth-order valence-corrected chi connectivity index (χ4v) is 8.22. The number of rotatable bonds is 10. The number of carbonyl (C=O) groups is 5. The average Bonchev–Trinajstić information content (AvgIpc) is 3.93. The van der Waals surface area contributed by atoms with Crippen molar-refractivity contribution < 1.29 is 132 Å². The van der Waals surface area contributed by atoms with Gasteiger partial charge >= 0.3 is 88.7 Å². The van der Waals surface area contributed by atoms with Gasteiger partial charge in [0.15, 0.2) is 5.43 Å². The van der Waals surface area contributed by atoms with Gasteiger partial charge in [0, 0.05) is 56.1 Å². The van der Waals surface area contributed by atoms with E-state index in [0.717, 1.165) is 23.8 Å². The third kappa shape index (κ3) is 8.48. The smallest absolute Gasteiger partial charge is 0.549 e. The summed E-state index contributed by atoms with van der Waals surface area (Å²) in [5.74, 6) is -8.59. The number of carbonyl (C=O) groups excluding carboxylic acids is 5. The Balaban J connectivity index is 0.00000209. The first-order chi connectivity index (χ1) is 23.9. The molecule has 53 heavy (non-hydrogen) atoms. The van der Waals surface area contributed by atoms with E-state index in [9.17, 15) is 44.1 Å². The van der Waals surface area contributed by atoms with E-state index in [0.29, 0.717) is 37.3 Å². The topological polar surface area (TPSA) is 198 Å². The van der Waals surface area contributed by atoms with Gasteiger partial charge in [0.25, 0.3) is 5.91 Å². The van der Waals surface area contributed by atoms with Crippen molar-refractivity contribution in [2.45, 2.75) is 36.2 Å². The number of carboxylic acid groups (broad SMARTS) is 3. The SMILES string of the molecule is O=C([O-])C1=C(CN2CCN(c3cc4c(cc3F)c(=O)c(C(=O)[O-])cn4C3CC3)CC2)CS[C@@H]2[C@H](NC(=O)C(C(=O)[O-])c3ccccc3)C(=O)N12.[Na+].[Na+].[Na+]. The minimum atomic E-state index is -1.66. The third-order valence-electron chi connectivity index (χ3n) is 9.56. The number of fused-ring (bicyclic) bond motifs is 2. The van der Waals surface area contributed by atoms with E-state index in [2.05, 4.69) is 5.32 Å². The first kappa shape index (κ1) is 43.5. The van der Waals surface area contributed by atoms with Gasteiger partial charge < -0.3 is 44.5 Å². The number of nitrogens with one attached hydrogen (secondary N) is 1. The number of aromatic nitrogens is 1. The zero-order valence-electron chi connectivity index (χ0n) is 29.3. The van der Waals surface area contributed by atoms with Crippen molar-refractivity contribution in [3.63, 3.8) is 0 Å². The zero-order valence-corrected chi connectivity index (χ0v) is 36.2. The van der Waals surface area contributed by atoms with Gasteiger partial charge in [-0.2, -0.15) is 0 Å². The second kappa shape index (κ2) is 17.7. The summed E-state index contributed by atoms with van der Waals surface area (Å²) < 4.78 is 17.1. The first-order valence-corrected chi connectivity index (χ1v) is 17.0. The van der Waals surface area contributed by atoms with Gasteiger partial charge in [-0.1, -0.05) is 30.3 Å². The summed E-state index contributed by atoms with van der Waals surface area (Å²) in [7, 11) is 0. The molecule has 1 aromatic heterocycles. The second-order valence-electron chi connectivity index (χ2n) is 12.7. The Morgan fingerprint density at radius 3 is 2.17 bits per heavy atom. The van der Waals surface area contributed by atoms with Crippen LogP contribution >= 0.6 is 11.8 Å². The Hall–Kier alpha value is -2.22. The largest absolute Gasteiger partial charge is 1.00 e. The monoisotopic (exact) mass is 771 g/mol. The molecule has 0 radical (unpaired) electrons. The molecule has 4 heterocycles. The van der Waals surface area contributed by atoms with E-state index in [1.807, 2.05) is 4.90 Å². The summed E-state index contributed by atoms with van der Waals surface area (Å²) in [4.78, 5) is 79.4. The molecule has 3 aliphatic heterocycles. The molecule has 4 aliphatic rings. The fraction of sp³-hybridized carbons (Fsp3) is 0.353. The molecule has 1 saturated carbocycles. The normalized spacial score (nSPS) is 20.2. The molecule has 7 rings (SSSR count). The number of anilines is 1. The molecule has 3 aromatic rings. The number of hydrogen-bond donors (Lipinski definition) is 1. The van der Waals surface area contributed by atoms with Gasteiger partial charge in [-0.15, -0.1) is 11.8 Å². The summed E-state index contributed by atoms with van der Waals surface area (Å²) >= 11 is 1.24. The summed E-state index contributed by atoms with van der Waals surface area (Å²) in [5.41, 5.74) is -0.315. The number of carboxylic acids is 3.